The zero-order valence-electron chi connectivity index (χ0n) is 15.1. The van der Waals surface area contributed by atoms with E-state index in [0.29, 0.717) is 17.4 Å². The third-order valence-corrected chi connectivity index (χ3v) is 5.54. The van der Waals surface area contributed by atoms with Crippen molar-refractivity contribution in [2.75, 3.05) is 4.90 Å². The van der Waals surface area contributed by atoms with Gasteiger partial charge in [0.15, 0.2) is 0 Å². The van der Waals surface area contributed by atoms with Crippen molar-refractivity contribution in [3.05, 3.63) is 54.1 Å². The second-order valence-electron chi connectivity index (χ2n) is 7.55. The number of aryl methyl sites for hydroxylation is 1. The number of hydrogen-bond acceptors (Lipinski definition) is 3. The van der Waals surface area contributed by atoms with Gasteiger partial charge in [-0.15, -0.1) is 0 Å². The molecular weight excluding hydrogens is 326 g/mol. The monoisotopic (exact) mass is 349 g/mol. The van der Waals surface area contributed by atoms with Crippen LogP contribution in [0.1, 0.15) is 31.7 Å². The predicted octanol–water partition coefficient (Wildman–Crippen LogP) is 4.71. The van der Waals surface area contributed by atoms with Gasteiger partial charge in [0.05, 0.1) is 17.5 Å². The molecular formula is C22H23NO3. The first-order valence-corrected chi connectivity index (χ1v) is 9.25. The number of rotatable bonds is 3. The molecule has 2 aliphatic rings. The number of amides is 2. The van der Waals surface area contributed by atoms with Crippen LogP contribution in [0.3, 0.4) is 0 Å². The number of fused-ring (bicyclic) bond motifs is 1. The summed E-state index contributed by atoms with van der Waals surface area (Å²) in [6.07, 6.45) is 2.67. The molecule has 2 amide bonds. The van der Waals surface area contributed by atoms with Crippen LogP contribution in [0.2, 0.25) is 0 Å². The van der Waals surface area contributed by atoms with Crippen LogP contribution in [0.5, 0.6) is 11.5 Å². The molecule has 134 valence electrons. The number of benzene rings is 2. The SMILES string of the molecule is Cc1ccc(Oc2ccc(N3C(=O)[C@H]4CC[C@H](C)C[C@@H]4C3=O)cc2)cc1. The lowest BCUT2D eigenvalue weighted by Gasteiger charge is -2.25. The van der Waals surface area contributed by atoms with Crippen LogP contribution in [0, 0.1) is 24.7 Å². The van der Waals surface area contributed by atoms with Crippen LogP contribution in [-0.4, -0.2) is 11.8 Å². The van der Waals surface area contributed by atoms with Crippen molar-refractivity contribution in [2.45, 2.75) is 33.1 Å². The average Bonchev–Trinajstić information content (AvgIpc) is 2.88. The molecule has 0 N–H and O–H groups in total. The van der Waals surface area contributed by atoms with Crippen LogP contribution in [-0.2, 0) is 9.59 Å². The van der Waals surface area contributed by atoms with Gasteiger partial charge in [-0.05, 0) is 68.5 Å². The Morgan fingerprint density at radius 3 is 2.08 bits per heavy atom. The number of carbonyl (C=O) groups excluding carboxylic acids is 2. The Morgan fingerprint density at radius 1 is 0.846 bits per heavy atom. The fraction of sp³-hybridized carbons (Fsp3) is 0.364. The van der Waals surface area contributed by atoms with Crippen LogP contribution in [0.25, 0.3) is 0 Å². The molecule has 0 spiro atoms. The molecule has 4 rings (SSSR count). The van der Waals surface area contributed by atoms with Crippen molar-refractivity contribution in [1.29, 1.82) is 0 Å². The summed E-state index contributed by atoms with van der Waals surface area (Å²) in [6, 6.07) is 15.0. The lowest BCUT2D eigenvalue weighted by atomic mass is 9.76. The summed E-state index contributed by atoms with van der Waals surface area (Å²) in [6.45, 7) is 4.19. The van der Waals surface area contributed by atoms with Crippen LogP contribution >= 0.6 is 0 Å². The van der Waals surface area contributed by atoms with E-state index < -0.39 is 0 Å². The number of carbonyl (C=O) groups is 2. The van der Waals surface area contributed by atoms with E-state index in [2.05, 4.69) is 6.92 Å². The number of hydrogen-bond donors (Lipinski definition) is 0. The molecule has 1 saturated heterocycles. The first kappa shape index (κ1) is 16.8. The molecule has 2 aromatic rings. The second-order valence-corrected chi connectivity index (χ2v) is 7.55. The van der Waals surface area contributed by atoms with E-state index in [1.165, 1.54) is 10.5 Å². The van der Waals surface area contributed by atoms with Gasteiger partial charge in [0.25, 0.3) is 0 Å². The van der Waals surface area contributed by atoms with Gasteiger partial charge in [-0.25, -0.2) is 0 Å². The molecule has 26 heavy (non-hydrogen) atoms. The summed E-state index contributed by atoms with van der Waals surface area (Å²) in [5.74, 6) is 1.59. The summed E-state index contributed by atoms with van der Waals surface area (Å²) in [4.78, 5) is 26.9. The van der Waals surface area contributed by atoms with E-state index in [1.807, 2.05) is 31.2 Å². The minimum absolute atomic E-state index is 0.0425. The highest BCUT2D eigenvalue weighted by molar-refractivity contribution is 6.22. The lowest BCUT2D eigenvalue weighted by Crippen LogP contribution is -2.30. The largest absolute Gasteiger partial charge is 0.457 e. The summed E-state index contributed by atoms with van der Waals surface area (Å²) < 4.78 is 5.82. The molecule has 1 aliphatic heterocycles. The zero-order valence-corrected chi connectivity index (χ0v) is 15.1. The van der Waals surface area contributed by atoms with E-state index in [-0.39, 0.29) is 23.7 Å². The van der Waals surface area contributed by atoms with Gasteiger partial charge in [0, 0.05) is 0 Å². The van der Waals surface area contributed by atoms with Crippen molar-refractivity contribution >= 4 is 17.5 Å². The Bertz CT molecular complexity index is 825. The summed E-state index contributed by atoms with van der Waals surface area (Å²) in [5, 5.41) is 0. The minimum atomic E-state index is -0.144. The smallest absolute Gasteiger partial charge is 0.237 e. The van der Waals surface area contributed by atoms with Crippen LogP contribution in [0.15, 0.2) is 48.5 Å². The van der Waals surface area contributed by atoms with Gasteiger partial charge >= 0.3 is 0 Å². The number of imide groups is 1. The first-order valence-electron chi connectivity index (χ1n) is 9.25. The summed E-state index contributed by atoms with van der Waals surface area (Å²) in [5.41, 5.74) is 1.81. The van der Waals surface area contributed by atoms with Crippen molar-refractivity contribution in [2.24, 2.45) is 17.8 Å². The second kappa shape index (κ2) is 6.60. The van der Waals surface area contributed by atoms with Gasteiger partial charge in [0.2, 0.25) is 11.8 Å². The molecule has 0 aromatic heterocycles. The summed E-state index contributed by atoms with van der Waals surface area (Å²) >= 11 is 0. The molecule has 1 saturated carbocycles. The van der Waals surface area contributed by atoms with E-state index >= 15 is 0 Å². The number of ether oxygens (including phenoxy) is 1. The molecule has 4 heteroatoms. The quantitative estimate of drug-likeness (QED) is 0.754. The number of nitrogens with zero attached hydrogens (tertiary/aromatic N) is 1. The summed E-state index contributed by atoms with van der Waals surface area (Å²) in [7, 11) is 0. The standard InChI is InChI=1S/C22H23NO3/c1-14-3-8-17(9-4-14)26-18-10-6-16(7-11-18)23-21(24)19-12-5-15(2)13-20(19)22(23)25/h3-4,6-11,15,19-20H,5,12-13H2,1-2H3/t15-,19-,20-/m0/s1. The van der Waals surface area contributed by atoms with E-state index in [4.69, 9.17) is 4.74 Å². The van der Waals surface area contributed by atoms with Gasteiger partial charge in [-0.1, -0.05) is 24.6 Å². The van der Waals surface area contributed by atoms with Gasteiger partial charge in [-0.2, -0.15) is 0 Å². The van der Waals surface area contributed by atoms with Gasteiger partial charge < -0.3 is 4.74 Å². The highest BCUT2D eigenvalue weighted by atomic mass is 16.5. The maximum absolute atomic E-state index is 12.8. The lowest BCUT2D eigenvalue weighted by molar-refractivity contribution is -0.122. The minimum Gasteiger partial charge on any atom is -0.457 e. The average molecular weight is 349 g/mol. The van der Waals surface area contributed by atoms with Crippen molar-refractivity contribution in [1.82, 2.24) is 0 Å². The van der Waals surface area contributed by atoms with E-state index in [1.54, 1.807) is 24.3 Å². The van der Waals surface area contributed by atoms with Crippen molar-refractivity contribution in [3.8, 4) is 11.5 Å². The fourth-order valence-electron chi connectivity index (χ4n) is 4.05. The Morgan fingerprint density at radius 2 is 1.42 bits per heavy atom. The fourth-order valence-corrected chi connectivity index (χ4v) is 4.05. The Kier molecular flexibility index (Phi) is 4.27. The Labute approximate surface area is 153 Å². The van der Waals surface area contributed by atoms with Crippen LogP contribution < -0.4 is 9.64 Å². The highest BCUT2D eigenvalue weighted by Gasteiger charge is 2.49. The maximum atomic E-state index is 12.8. The van der Waals surface area contributed by atoms with Crippen molar-refractivity contribution < 1.29 is 14.3 Å². The molecule has 0 radical (unpaired) electrons. The zero-order chi connectivity index (χ0) is 18.3. The molecule has 3 atom stereocenters. The maximum Gasteiger partial charge on any atom is 0.237 e. The normalized spacial score (nSPS) is 25.3. The van der Waals surface area contributed by atoms with E-state index in [0.717, 1.165) is 25.0 Å². The van der Waals surface area contributed by atoms with Crippen molar-refractivity contribution in [3.63, 3.8) is 0 Å². The Balaban J connectivity index is 1.52. The molecule has 4 nitrogen and oxygen atoms in total. The van der Waals surface area contributed by atoms with Gasteiger partial charge in [0.1, 0.15) is 11.5 Å². The topological polar surface area (TPSA) is 46.6 Å². The molecule has 1 aliphatic carbocycles. The first-order chi connectivity index (χ1) is 12.5. The third kappa shape index (κ3) is 3.00. The number of anilines is 1. The van der Waals surface area contributed by atoms with Gasteiger partial charge in [-0.3, -0.25) is 14.5 Å². The Hall–Kier alpha value is -2.62. The van der Waals surface area contributed by atoms with Crippen LogP contribution in [0.4, 0.5) is 5.69 Å². The highest BCUT2D eigenvalue weighted by Crippen LogP contribution is 2.42. The molecule has 0 unspecified atom stereocenters. The third-order valence-electron chi connectivity index (χ3n) is 5.54. The molecule has 0 bridgehead atoms. The van der Waals surface area contributed by atoms with E-state index in [9.17, 15) is 9.59 Å². The predicted molar refractivity (Wildman–Crippen MR) is 100 cm³/mol. The molecule has 2 fully saturated rings. The molecule has 2 aromatic carbocycles. The molecule has 1 heterocycles.